The van der Waals surface area contributed by atoms with E-state index in [1.165, 1.54) is 6.07 Å². The standard InChI is InChI=1S/C17H19ClN2O3S/c18-16-3-1-2-4-17(16)24(21,22)19-13-14-5-7-15(8-6-14)20-9-11-23-12-10-20/h1-8,19H,9-13H2. The number of morpholine rings is 1. The van der Waals surface area contributed by atoms with Crippen LogP contribution in [0.15, 0.2) is 53.4 Å². The van der Waals surface area contributed by atoms with Crippen LogP contribution in [0.2, 0.25) is 5.02 Å². The minimum absolute atomic E-state index is 0.0941. The molecule has 2 aromatic carbocycles. The summed E-state index contributed by atoms with van der Waals surface area (Å²) >= 11 is 5.96. The van der Waals surface area contributed by atoms with Gasteiger partial charge >= 0.3 is 0 Å². The molecule has 1 aliphatic rings. The van der Waals surface area contributed by atoms with Crippen LogP contribution in [0.25, 0.3) is 0 Å². The zero-order valence-corrected chi connectivity index (χ0v) is 14.7. The Morgan fingerprint density at radius 1 is 1.04 bits per heavy atom. The van der Waals surface area contributed by atoms with Crippen LogP contribution in [0.1, 0.15) is 5.56 Å². The van der Waals surface area contributed by atoms with Crippen LogP contribution in [0, 0.1) is 0 Å². The predicted molar refractivity (Wildman–Crippen MR) is 95.0 cm³/mol. The molecule has 0 unspecified atom stereocenters. The Labute approximate surface area is 147 Å². The lowest BCUT2D eigenvalue weighted by Gasteiger charge is -2.28. The van der Waals surface area contributed by atoms with Gasteiger partial charge < -0.3 is 9.64 Å². The summed E-state index contributed by atoms with van der Waals surface area (Å²) < 4.78 is 32.6. The molecule has 1 saturated heterocycles. The van der Waals surface area contributed by atoms with E-state index < -0.39 is 10.0 Å². The van der Waals surface area contributed by atoms with Crippen LogP contribution in [0.5, 0.6) is 0 Å². The Kier molecular flexibility index (Phi) is 5.40. The zero-order valence-electron chi connectivity index (χ0n) is 13.1. The monoisotopic (exact) mass is 366 g/mol. The van der Waals surface area contributed by atoms with Gasteiger partial charge in [0.2, 0.25) is 10.0 Å². The molecule has 5 nitrogen and oxygen atoms in total. The fraction of sp³-hybridized carbons (Fsp3) is 0.294. The third-order valence-corrected chi connectivity index (χ3v) is 5.81. The molecule has 2 aromatic rings. The number of rotatable bonds is 5. The number of nitrogens with zero attached hydrogens (tertiary/aromatic N) is 1. The van der Waals surface area contributed by atoms with Crippen LogP contribution in [0.3, 0.4) is 0 Å². The highest BCUT2D eigenvalue weighted by atomic mass is 35.5. The van der Waals surface area contributed by atoms with Gasteiger partial charge in [-0.1, -0.05) is 35.9 Å². The predicted octanol–water partition coefficient (Wildman–Crippen LogP) is 2.66. The van der Waals surface area contributed by atoms with Crippen molar-refractivity contribution in [1.82, 2.24) is 4.72 Å². The molecule has 1 N–H and O–H groups in total. The van der Waals surface area contributed by atoms with E-state index in [1.807, 2.05) is 24.3 Å². The van der Waals surface area contributed by atoms with E-state index in [1.54, 1.807) is 18.2 Å². The van der Waals surface area contributed by atoms with Crippen molar-refractivity contribution in [3.05, 3.63) is 59.1 Å². The summed E-state index contributed by atoms with van der Waals surface area (Å²) in [5.74, 6) is 0. The average Bonchev–Trinajstić information content (AvgIpc) is 2.61. The lowest BCUT2D eigenvalue weighted by atomic mass is 10.2. The first-order chi connectivity index (χ1) is 11.6. The third-order valence-electron chi connectivity index (χ3n) is 3.91. The Hall–Kier alpha value is -1.60. The molecule has 1 fully saturated rings. The molecule has 0 aromatic heterocycles. The quantitative estimate of drug-likeness (QED) is 0.883. The van der Waals surface area contributed by atoms with E-state index in [0.29, 0.717) is 0 Å². The molecule has 1 heterocycles. The van der Waals surface area contributed by atoms with E-state index >= 15 is 0 Å². The summed E-state index contributed by atoms with van der Waals surface area (Å²) in [5, 5.41) is 0.215. The molecule has 128 valence electrons. The second-order valence-corrected chi connectivity index (χ2v) is 7.66. The minimum atomic E-state index is -3.63. The number of hydrogen-bond acceptors (Lipinski definition) is 4. The van der Waals surface area contributed by atoms with Crippen molar-refractivity contribution in [3.8, 4) is 0 Å². The van der Waals surface area contributed by atoms with Gasteiger partial charge in [-0.2, -0.15) is 0 Å². The molecule has 0 amide bonds. The van der Waals surface area contributed by atoms with E-state index in [9.17, 15) is 8.42 Å². The Balaban J connectivity index is 1.65. The summed E-state index contributed by atoms with van der Waals surface area (Å²) in [6.07, 6.45) is 0. The summed E-state index contributed by atoms with van der Waals surface area (Å²) in [6.45, 7) is 3.44. The van der Waals surface area contributed by atoms with Crippen molar-refractivity contribution in [1.29, 1.82) is 0 Å². The highest BCUT2D eigenvalue weighted by Gasteiger charge is 2.17. The lowest BCUT2D eigenvalue weighted by molar-refractivity contribution is 0.122. The summed E-state index contributed by atoms with van der Waals surface area (Å²) in [5.41, 5.74) is 2.01. The number of benzene rings is 2. The largest absolute Gasteiger partial charge is 0.378 e. The molecule has 0 bridgehead atoms. The number of anilines is 1. The summed E-state index contributed by atoms with van der Waals surface area (Å²) in [7, 11) is -3.63. The molecule has 3 rings (SSSR count). The fourth-order valence-electron chi connectivity index (χ4n) is 2.56. The van der Waals surface area contributed by atoms with Crippen LogP contribution in [-0.2, 0) is 21.3 Å². The molecule has 0 saturated carbocycles. The minimum Gasteiger partial charge on any atom is -0.378 e. The van der Waals surface area contributed by atoms with Gasteiger partial charge in [0, 0.05) is 25.3 Å². The molecule has 0 radical (unpaired) electrons. The van der Waals surface area contributed by atoms with Gasteiger partial charge in [-0.05, 0) is 29.8 Å². The zero-order chi connectivity index (χ0) is 17.0. The third kappa shape index (κ3) is 4.08. The highest BCUT2D eigenvalue weighted by Crippen LogP contribution is 2.21. The SMILES string of the molecule is O=S(=O)(NCc1ccc(N2CCOCC2)cc1)c1ccccc1Cl. The van der Waals surface area contributed by atoms with Crippen molar-refractivity contribution < 1.29 is 13.2 Å². The molecule has 1 aliphatic heterocycles. The van der Waals surface area contributed by atoms with Gasteiger partial charge in [-0.3, -0.25) is 0 Å². The first-order valence-corrected chi connectivity index (χ1v) is 9.58. The average molecular weight is 367 g/mol. The van der Waals surface area contributed by atoms with Crippen LogP contribution in [-0.4, -0.2) is 34.7 Å². The van der Waals surface area contributed by atoms with Gasteiger partial charge in [-0.25, -0.2) is 13.1 Å². The van der Waals surface area contributed by atoms with Gasteiger partial charge in [0.1, 0.15) is 4.90 Å². The molecule has 7 heteroatoms. The van der Waals surface area contributed by atoms with E-state index in [0.717, 1.165) is 37.6 Å². The fourth-order valence-corrected chi connectivity index (χ4v) is 4.10. The van der Waals surface area contributed by atoms with Crippen LogP contribution in [0.4, 0.5) is 5.69 Å². The second-order valence-electron chi connectivity index (χ2n) is 5.52. The summed E-state index contributed by atoms with van der Waals surface area (Å²) in [4.78, 5) is 2.35. The van der Waals surface area contributed by atoms with Gasteiger partial charge in [-0.15, -0.1) is 0 Å². The van der Waals surface area contributed by atoms with Crippen LogP contribution >= 0.6 is 11.6 Å². The second kappa shape index (κ2) is 7.53. The van der Waals surface area contributed by atoms with Crippen molar-refractivity contribution >= 4 is 27.3 Å². The number of ether oxygens (including phenoxy) is 1. The topological polar surface area (TPSA) is 58.6 Å². The molecular weight excluding hydrogens is 348 g/mol. The van der Waals surface area contributed by atoms with Crippen molar-refractivity contribution in [2.75, 3.05) is 31.2 Å². The van der Waals surface area contributed by atoms with Gasteiger partial charge in [0.15, 0.2) is 0 Å². The van der Waals surface area contributed by atoms with Gasteiger partial charge in [0.05, 0.1) is 18.2 Å². The Bertz CT molecular complexity index is 788. The van der Waals surface area contributed by atoms with E-state index in [4.69, 9.17) is 16.3 Å². The maximum Gasteiger partial charge on any atom is 0.242 e. The van der Waals surface area contributed by atoms with Crippen LogP contribution < -0.4 is 9.62 Å². The number of sulfonamides is 1. The normalized spacial score (nSPS) is 15.5. The highest BCUT2D eigenvalue weighted by molar-refractivity contribution is 7.89. The van der Waals surface area contributed by atoms with Crippen molar-refractivity contribution in [3.63, 3.8) is 0 Å². The van der Waals surface area contributed by atoms with E-state index in [-0.39, 0.29) is 16.5 Å². The first kappa shape index (κ1) is 17.2. The molecule has 0 spiro atoms. The number of hydrogen-bond donors (Lipinski definition) is 1. The molecule has 24 heavy (non-hydrogen) atoms. The molecular formula is C17H19ClN2O3S. The lowest BCUT2D eigenvalue weighted by Crippen LogP contribution is -2.36. The summed E-state index contributed by atoms with van der Waals surface area (Å²) in [6, 6.07) is 14.3. The maximum atomic E-state index is 12.3. The number of halogens is 1. The smallest absolute Gasteiger partial charge is 0.242 e. The molecule has 0 aliphatic carbocycles. The first-order valence-electron chi connectivity index (χ1n) is 7.72. The van der Waals surface area contributed by atoms with Crippen molar-refractivity contribution in [2.24, 2.45) is 0 Å². The van der Waals surface area contributed by atoms with E-state index in [2.05, 4.69) is 9.62 Å². The van der Waals surface area contributed by atoms with Crippen molar-refractivity contribution in [2.45, 2.75) is 11.4 Å². The maximum absolute atomic E-state index is 12.3. The molecule has 0 atom stereocenters. The van der Waals surface area contributed by atoms with Gasteiger partial charge in [0.25, 0.3) is 0 Å². The Morgan fingerprint density at radius 2 is 1.71 bits per heavy atom. The Morgan fingerprint density at radius 3 is 2.38 bits per heavy atom. The number of nitrogens with one attached hydrogen (secondary N) is 1.